The SMILES string of the molecule is C#CCN(Cc1ccc(F)cc1)C(=O)CC1(C(=O)O)CCC1. The van der Waals surface area contributed by atoms with Crippen LogP contribution in [0.2, 0.25) is 0 Å². The lowest BCUT2D eigenvalue weighted by molar-refractivity contribution is -0.159. The van der Waals surface area contributed by atoms with Crippen molar-refractivity contribution in [1.29, 1.82) is 0 Å². The first kappa shape index (κ1) is 16.0. The Morgan fingerprint density at radius 1 is 1.32 bits per heavy atom. The number of hydrogen-bond acceptors (Lipinski definition) is 2. The van der Waals surface area contributed by atoms with Crippen molar-refractivity contribution in [2.24, 2.45) is 5.41 Å². The third kappa shape index (κ3) is 3.45. The summed E-state index contributed by atoms with van der Waals surface area (Å²) in [5, 5.41) is 9.31. The quantitative estimate of drug-likeness (QED) is 0.821. The topological polar surface area (TPSA) is 57.6 Å². The second-order valence-electron chi connectivity index (χ2n) is 5.70. The zero-order valence-corrected chi connectivity index (χ0v) is 12.2. The number of carbonyl (C=O) groups is 2. The Morgan fingerprint density at radius 3 is 2.41 bits per heavy atom. The maximum Gasteiger partial charge on any atom is 0.310 e. The lowest BCUT2D eigenvalue weighted by Crippen LogP contribution is -2.43. The van der Waals surface area contributed by atoms with Crippen LogP contribution in [0.3, 0.4) is 0 Å². The molecular weight excluding hydrogens is 285 g/mol. The Labute approximate surface area is 128 Å². The molecule has 0 aliphatic heterocycles. The second-order valence-corrected chi connectivity index (χ2v) is 5.70. The van der Waals surface area contributed by atoms with E-state index in [0.717, 1.165) is 12.0 Å². The van der Waals surface area contributed by atoms with E-state index in [2.05, 4.69) is 5.92 Å². The largest absolute Gasteiger partial charge is 0.481 e. The van der Waals surface area contributed by atoms with Gasteiger partial charge in [-0.15, -0.1) is 6.42 Å². The number of amides is 1. The highest BCUT2D eigenvalue weighted by Gasteiger charge is 2.46. The van der Waals surface area contributed by atoms with E-state index in [-0.39, 0.29) is 31.2 Å². The monoisotopic (exact) mass is 303 g/mol. The Bertz CT molecular complexity index is 599. The van der Waals surface area contributed by atoms with Gasteiger partial charge in [0, 0.05) is 13.0 Å². The average Bonchev–Trinajstić information content (AvgIpc) is 2.44. The van der Waals surface area contributed by atoms with Crippen molar-refractivity contribution in [2.75, 3.05) is 6.54 Å². The molecule has 1 aliphatic carbocycles. The number of carboxylic acid groups (broad SMARTS) is 1. The Morgan fingerprint density at radius 2 is 1.95 bits per heavy atom. The van der Waals surface area contributed by atoms with Gasteiger partial charge < -0.3 is 10.0 Å². The van der Waals surface area contributed by atoms with E-state index in [1.54, 1.807) is 12.1 Å². The first-order chi connectivity index (χ1) is 10.5. The standard InChI is InChI=1S/C17H18FNO3/c1-2-10-19(12-13-4-6-14(18)7-5-13)15(20)11-17(16(21)22)8-3-9-17/h1,4-7H,3,8-12H2,(H,21,22). The third-order valence-corrected chi connectivity index (χ3v) is 4.18. The van der Waals surface area contributed by atoms with E-state index in [4.69, 9.17) is 6.42 Å². The van der Waals surface area contributed by atoms with Crippen LogP contribution in [-0.4, -0.2) is 28.4 Å². The van der Waals surface area contributed by atoms with Crippen molar-refractivity contribution in [1.82, 2.24) is 4.90 Å². The van der Waals surface area contributed by atoms with E-state index in [0.29, 0.717) is 12.8 Å². The summed E-state index contributed by atoms with van der Waals surface area (Å²) >= 11 is 0. The first-order valence-corrected chi connectivity index (χ1v) is 7.16. The number of rotatable bonds is 6. The molecular formula is C17H18FNO3. The van der Waals surface area contributed by atoms with Crippen LogP contribution >= 0.6 is 0 Å². The highest BCUT2D eigenvalue weighted by atomic mass is 19.1. The molecule has 116 valence electrons. The summed E-state index contributed by atoms with van der Waals surface area (Å²) in [7, 11) is 0. The maximum absolute atomic E-state index is 12.9. The number of halogens is 1. The summed E-state index contributed by atoms with van der Waals surface area (Å²) in [6.45, 7) is 0.352. The number of aliphatic carboxylic acids is 1. The van der Waals surface area contributed by atoms with Crippen molar-refractivity contribution in [3.63, 3.8) is 0 Å². The molecule has 5 heteroatoms. The highest BCUT2D eigenvalue weighted by molar-refractivity contribution is 5.85. The van der Waals surface area contributed by atoms with Crippen LogP contribution in [0.5, 0.6) is 0 Å². The van der Waals surface area contributed by atoms with E-state index in [1.807, 2.05) is 0 Å². The van der Waals surface area contributed by atoms with Crippen LogP contribution in [0, 0.1) is 23.6 Å². The van der Waals surface area contributed by atoms with Crippen LogP contribution in [-0.2, 0) is 16.1 Å². The van der Waals surface area contributed by atoms with Gasteiger partial charge in [0.25, 0.3) is 0 Å². The van der Waals surface area contributed by atoms with Gasteiger partial charge in [-0.3, -0.25) is 9.59 Å². The predicted octanol–water partition coefficient (Wildman–Crippen LogP) is 2.43. The molecule has 1 fully saturated rings. The minimum absolute atomic E-state index is 0.0365. The van der Waals surface area contributed by atoms with Gasteiger partial charge in [0.2, 0.25) is 5.91 Å². The highest BCUT2D eigenvalue weighted by Crippen LogP contribution is 2.44. The van der Waals surface area contributed by atoms with Gasteiger partial charge in [-0.05, 0) is 30.5 Å². The molecule has 0 heterocycles. The van der Waals surface area contributed by atoms with Crippen LogP contribution in [0.25, 0.3) is 0 Å². The van der Waals surface area contributed by atoms with E-state index < -0.39 is 11.4 Å². The molecule has 0 unspecified atom stereocenters. The van der Waals surface area contributed by atoms with Gasteiger partial charge in [0.15, 0.2) is 0 Å². The van der Waals surface area contributed by atoms with Crippen LogP contribution < -0.4 is 0 Å². The van der Waals surface area contributed by atoms with Crippen molar-refractivity contribution < 1.29 is 19.1 Å². The molecule has 2 rings (SSSR count). The molecule has 1 aliphatic rings. The number of hydrogen-bond donors (Lipinski definition) is 1. The summed E-state index contributed by atoms with van der Waals surface area (Å²) in [5.41, 5.74) is -0.185. The Hall–Kier alpha value is -2.35. The van der Waals surface area contributed by atoms with Crippen LogP contribution in [0.15, 0.2) is 24.3 Å². The zero-order valence-electron chi connectivity index (χ0n) is 12.2. The van der Waals surface area contributed by atoms with E-state index in [1.165, 1.54) is 17.0 Å². The molecule has 1 saturated carbocycles. The minimum Gasteiger partial charge on any atom is -0.481 e. The normalized spacial score (nSPS) is 15.5. The van der Waals surface area contributed by atoms with E-state index in [9.17, 15) is 19.1 Å². The molecule has 1 amide bonds. The fourth-order valence-electron chi connectivity index (χ4n) is 2.62. The summed E-state index contributed by atoms with van der Waals surface area (Å²) in [4.78, 5) is 25.2. The van der Waals surface area contributed by atoms with Crippen LogP contribution in [0.1, 0.15) is 31.2 Å². The van der Waals surface area contributed by atoms with Gasteiger partial charge in [0.1, 0.15) is 5.82 Å². The number of carbonyl (C=O) groups excluding carboxylic acids is 1. The number of carboxylic acids is 1. The lowest BCUT2D eigenvalue weighted by atomic mass is 9.66. The van der Waals surface area contributed by atoms with Crippen molar-refractivity contribution in [2.45, 2.75) is 32.2 Å². The minimum atomic E-state index is -0.938. The molecule has 0 bridgehead atoms. The van der Waals surface area contributed by atoms with Gasteiger partial charge in [-0.2, -0.15) is 0 Å². The van der Waals surface area contributed by atoms with Gasteiger partial charge in [0.05, 0.1) is 12.0 Å². The van der Waals surface area contributed by atoms with Crippen molar-refractivity contribution in [3.05, 3.63) is 35.6 Å². The van der Waals surface area contributed by atoms with Crippen molar-refractivity contribution in [3.8, 4) is 12.3 Å². The average molecular weight is 303 g/mol. The molecule has 0 saturated heterocycles. The third-order valence-electron chi connectivity index (χ3n) is 4.18. The van der Waals surface area contributed by atoms with Gasteiger partial charge in [-0.1, -0.05) is 24.5 Å². The molecule has 0 aromatic heterocycles. The zero-order chi connectivity index (χ0) is 16.2. The number of benzene rings is 1. The molecule has 0 atom stereocenters. The number of terminal acetylenes is 1. The summed E-state index contributed by atoms with van der Waals surface area (Å²) in [6, 6.07) is 5.81. The molecule has 4 nitrogen and oxygen atoms in total. The first-order valence-electron chi connectivity index (χ1n) is 7.16. The predicted molar refractivity (Wildman–Crippen MR) is 79.2 cm³/mol. The van der Waals surface area contributed by atoms with Crippen molar-refractivity contribution >= 4 is 11.9 Å². The molecule has 1 aromatic rings. The molecule has 0 radical (unpaired) electrons. The fraction of sp³-hybridized carbons (Fsp3) is 0.412. The molecule has 1 N–H and O–H groups in total. The van der Waals surface area contributed by atoms with Crippen LogP contribution in [0.4, 0.5) is 4.39 Å². The molecule has 0 spiro atoms. The van der Waals surface area contributed by atoms with E-state index >= 15 is 0 Å². The summed E-state index contributed by atoms with van der Waals surface area (Å²) in [6.07, 6.45) is 7.13. The van der Waals surface area contributed by atoms with Gasteiger partial charge >= 0.3 is 5.97 Å². The Kier molecular flexibility index (Phi) is 4.81. The van der Waals surface area contributed by atoms with Gasteiger partial charge in [-0.25, -0.2) is 4.39 Å². The maximum atomic E-state index is 12.9. The number of nitrogens with zero attached hydrogens (tertiary/aromatic N) is 1. The summed E-state index contributed by atoms with van der Waals surface area (Å²) in [5.74, 6) is 0.870. The molecule has 1 aromatic carbocycles. The fourth-order valence-corrected chi connectivity index (χ4v) is 2.62. The second kappa shape index (κ2) is 6.61. The summed E-state index contributed by atoms with van der Waals surface area (Å²) < 4.78 is 12.9. The molecule has 22 heavy (non-hydrogen) atoms. The lowest BCUT2D eigenvalue weighted by Gasteiger charge is -2.38. The Balaban J connectivity index is 2.07. The smallest absolute Gasteiger partial charge is 0.310 e.